The average molecular weight is 278 g/mol. The third-order valence-corrected chi connectivity index (χ3v) is 3.45. The molecule has 1 aliphatic heterocycles. The molecule has 4 nitrogen and oxygen atoms in total. The molecule has 1 aromatic rings. The Labute approximate surface area is 122 Å². The van der Waals surface area contributed by atoms with Gasteiger partial charge in [0.2, 0.25) is 0 Å². The van der Waals surface area contributed by atoms with Gasteiger partial charge in [-0.1, -0.05) is 24.3 Å². The second-order valence-corrected chi connectivity index (χ2v) is 6.11. The standard InChI is InChI=1S/C16H26N2O2/c1-16(2)19-11-15(12-20-16)17-9-13-7-5-6-8-14(13)10-18(3)4/h5-8,15,17H,9-12H2,1-4H3. The van der Waals surface area contributed by atoms with E-state index in [1.807, 2.05) is 13.8 Å². The van der Waals surface area contributed by atoms with Crippen molar-refractivity contribution in [3.63, 3.8) is 0 Å². The summed E-state index contributed by atoms with van der Waals surface area (Å²) in [7, 11) is 4.18. The summed E-state index contributed by atoms with van der Waals surface area (Å²) < 4.78 is 11.3. The van der Waals surface area contributed by atoms with E-state index in [1.165, 1.54) is 11.1 Å². The monoisotopic (exact) mass is 278 g/mol. The predicted octanol–water partition coefficient (Wildman–Crippen LogP) is 1.99. The minimum atomic E-state index is -0.443. The molecule has 0 saturated carbocycles. The molecule has 1 aromatic carbocycles. The maximum Gasteiger partial charge on any atom is 0.162 e. The first kappa shape index (κ1) is 15.4. The van der Waals surface area contributed by atoms with E-state index in [0.717, 1.165) is 13.1 Å². The number of hydrogen-bond acceptors (Lipinski definition) is 4. The lowest BCUT2D eigenvalue weighted by atomic mass is 10.1. The molecule has 2 rings (SSSR count). The fourth-order valence-corrected chi connectivity index (χ4v) is 2.29. The maximum atomic E-state index is 5.67. The first-order chi connectivity index (χ1) is 9.46. The highest BCUT2D eigenvalue weighted by molar-refractivity contribution is 5.27. The van der Waals surface area contributed by atoms with Crippen LogP contribution in [0.25, 0.3) is 0 Å². The third-order valence-electron chi connectivity index (χ3n) is 3.45. The minimum Gasteiger partial charge on any atom is -0.349 e. The number of nitrogens with one attached hydrogen (secondary N) is 1. The maximum absolute atomic E-state index is 5.67. The summed E-state index contributed by atoms with van der Waals surface area (Å²) in [5.74, 6) is -0.443. The number of nitrogens with zero attached hydrogens (tertiary/aromatic N) is 1. The third kappa shape index (κ3) is 4.56. The smallest absolute Gasteiger partial charge is 0.162 e. The topological polar surface area (TPSA) is 33.7 Å². The van der Waals surface area contributed by atoms with Crippen LogP contribution < -0.4 is 5.32 Å². The summed E-state index contributed by atoms with van der Waals surface area (Å²) >= 11 is 0. The van der Waals surface area contributed by atoms with Gasteiger partial charge in [-0.25, -0.2) is 0 Å². The fourth-order valence-electron chi connectivity index (χ4n) is 2.29. The van der Waals surface area contributed by atoms with Crippen molar-refractivity contribution in [2.45, 2.75) is 38.8 Å². The van der Waals surface area contributed by atoms with E-state index in [-0.39, 0.29) is 6.04 Å². The van der Waals surface area contributed by atoms with Crippen LogP contribution in [0.5, 0.6) is 0 Å². The van der Waals surface area contributed by atoms with Crippen molar-refractivity contribution in [1.29, 1.82) is 0 Å². The van der Waals surface area contributed by atoms with E-state index < -0.39 is 5.79 Å². The number of benzene rings is 1. The molecule has 0 bridgehead atoms. The summed E-state index contributed by atoms with van der Waals surface area (Å²) in [5.41, 5.74) is 2.70. The van der Waals surface area contributed by atoms with Gasteiger partial charge < -0.3 is 19.7 Å². The van der Waals surface area contributed by atoms with Crippen LogP contribution in [0.2, 0.25) is 0 Å². The normalized spacial score (nSPS) is 19.4. The van der Waals surface area contributed by atoms with Gasteiger partial charge in [0, 0.05) is 13.1 Å². The molecule has 0 atom stereocenters. The van der Waals surface area contributed by atoms with Crippen molar-refractivity contribution in [2.75, 3.05) is 27.3 Å². The average Bonchev–Trinajstić information content (AvgIpc) is 2.38. The van der Waals surface area contributed by atoms with Gasteiger partial charge in [-0.05, 0) is 39.1 Å². The zero-order valence-corrected chi connectivity index (χ0v) is 13.0. The van der Waals surface area contributed by atoms with Gasteiger partial charge in [0.1, 0.15) is 0 Å². The van der Waals surface area contributed by atoms with E-state index in [9.17, 15) is 0 Å². The molecular weight excluding hydrogens is 252 g/mol. The molecule has 0 spiro atoms. The Morgan fingerprint density at radius 3 is 2.35 bits per heavy atom. The highest BCUT2D eigenvalue weighted by Gasteiger charge is 2.27. The molecule has 0 radical (unpaired) electrons. The van der Waals surface area contributed by atoms with Crippen LogP contribution in [-0.2, 0) is 22.6 Å². The highest BCUT2D eigenvalue weighted by Crippen LogP contribution is 2.17. The fraction of sp³-hybridized carbons (Fsp3) is 0.625. The molecule has 1 fully saturated rings. The first-order valence-electron chi connectivity index (χ1n) is 7.19. The number of hydrogen-bond donors (Lipinski definition) is 1. The van der Waals surface area contributed by atoms with Crippen LogP contribution in [0.4, 0.5) is 0 Å². The van der Waals surface area contributed by atoms with E-state index in [2.05, 4.69) is 48.6 Å². The van der Waals surface area contributed by atoms with Gasteiger partial charge in [-0.3, -0.25) is 0 Å². The molecule has 1 saturated heterocycles. The zero-order chi connectivity index (χ0) is 14.6. The van der Waals surface area contributed by atoms with Gasteiger partial charge in [0.25, 0.3) is 0 Å². The van der Waals surface area contributed by atoms with E-state index >= 15 is 0 Å². The lowest BCUT2D eigenvalue weighted by Crippen LogP contribution is -2.48. The van der Waals surface area contributed by atoms with Gasteiger partial charge in [0.05, 0.1) is 19.3 Å². The van der Waals surface area contributed by atoms with Crippen molar-refractivity contribution >= 4 is 0 Å². The van der Waals surface area contributed by atoms with Crippen molar-refractivity contribution in [3.8, 4) is 0 Å². The molecule has 4 heteroatoms. The quantitative estimate of drug-likeness (QED) is 0.893. The van der Waals surface area contributed by atoms with Gasteiger partial charge in [0.15, 0.2) is 5.79 Å². The predicted molar refractivity (Wildman–Crippen MR) is 80.4 cm³/mol. The van der Waals surface area contributed by atoms with Crippen LogP contribution in [0, 0.1) is 0 Å². The van der Waals surface area contributed by atoms with Crippen LogP contribution in [0.3, 0.4) is 0 Å². The highest BCUT2D eigenvalue weighted by atomic mass is 16.7. The van der Waals surface area contributed by atoms with Crippen LogP contribution in [0.15, 0.2) is 24.3 Å². The Kier molecular flexibility index (Phi) is 5.16. The van der Waals surface area contributed by atoms with Crippen LogP contribution >= 0.6 is 0 Å². The van der Waals surface area contributed by atoms with E-state index in [0.29, 0.717) is 13.2 Å². The van der Waals surface area contributed by atoms with Crippen molar-refractivity contribution in [3.05, 3.63) is 35.4 Å². The van der Waals surface area contributed by atoms with Crippen molar-refractivity contribution in [2.24, 2.45) is 0 Å². The van der Waals surface area contributed by atoms with Gasteiger partial charge in [-0.15, -0.1) is 0 Å². The molecule has 112 valence electrons. The van der Waals surface area contributed by atoms with E-state index in [1.54, 1.807) is 0 Å². The Balaban J connectivity index is 1.88. The molecule has 0 unspecified atom stereocenters. The summed E-state index contributed by atoms with van der Waals surface area (Å²) in [5, 5.41) is 3.52. The number of rotatable bonds is 5. The summed E-state index contributed by atoms with van der Waals surface area (Å²) in [6, 6.07) is 8.81. The molecule has 1 N–H and O–H groups in total. The SMILES string of the molecule is CN(C)Cc1ccccc1CNC1COC(C)(C)OC1. The van der Waals surface area contributed by atoms with Crippen LogP contribution in [0.1, 0.15) is 25.0 Å². The second kappa shape index (κ2) is 6.68. The van der Waals surface area contributed by atoms with Crippen LogP contribution in [-0.4, -0.2) is 44.0 Å². The minimum absolute atomic E-state index is 0.260. The van der Waals surface area contributed by atoms with Crippen molar-refractivity contribution in [1.82, 2.24) is 10.2 Å². The lowest BCUT2D eigenvalue weighted by molar-refractivity contribution is -0.253. The molecule has 1 heterocycles. The Morgan fingerprint density at radius 2 is 1.75 bits per heavy atom. The number of ether oxygens (including phenoxy) is 2. The molecular formula is C16H26N2O2. The Bertz CT molecular complexity index is 422. The molecule has 0 aliphatic carbocycles. The second-order valence-electron chi connectivity index (χ2n) is 6.11. The van der Waals surface area contributed by atoms with Gasteiger partial charge >= 0.3 is 0 Å². The summed E-state index contributed by atoms with van der Waals surface area (Å²) in [6.45, 7) is 7.11. The zero-order valence-electron chi connectivity index (χ0n) is 13.0. The molecule has 0 amide bonds. The van der Waals surface area contributed by atoms with Crippen molar-refractivity contribution < 1.29 is 9.47 Å². The van der Waals surface area contributed by atoms with Gasteiger partial charge in [-0.2, -0.15) is 0 Å². The molecule has 1 aliphatic rings. The summed E-state index contributed by atoms with van der Waals surface area (Å²) in [6.07, 6.45) is 0. The first-order valence-corrected chi connectivity index (χ1v) is 7.19. The summed E-state index contributed by atoms with van der Waals surface area (Å²) in [4.78, 5) is 2.19. The largest absolute Gasteiger partial charge is 0.349 e. The van der Waals surface area contributed by atoms with E-state index in [4.69, 9.17) is 9.47 Å². The molecule has 20 heavy (non-hydrogen) atoms. The Hall–Kier alpha value is -0.940. The Morgan fingerprint density at radius 1 is 1.15 bits per heavy atom. The lowest BCUT2D eigenvalue weighted by Gasteiger charge is -2.35. The molecule has 0 aromatic heterocycles.